The summed E-state index contributed by atoms with van der Waals surface area (Å²) in [4.78, 5) is 13.8. The van der Waals surface area contributed by atoms with Gasteiger partial charge in [0.05, 0.1) is 0 Å². The van der Waals surface area contributed by atoms with Crippen LogP contribution in [-0.4, -0.2) is 23.9 Å². The smallest absolute Gasteiger partial charge is 0.222 e. The summed E-state index contributed by atoms with van der Waals surface area (Å²) < 4.78 is 0. The second kappa shape index (κ2) is 3.00. The van der Waals surface area contributed by atoms with Crippen LogP contribution >= 0.6 is 0 Å². The topological polar surface area (TPSA) is 20.3 Å². The fourth-order valence-corrected chi connectivity index (χ4v) is 2.02. The molecule has 0 aromatic carbocycles. The van der Waals surface area contributed by atoms with Gasteiger partial charge in [-0.05, 0) is 30.6 Å². The molecule has 0 bridgehead atoms. The van der Waals surface area contributed by atoms with E-state index in [2.05, 4.69) is 18.7 Å². The first kappa shape index (κ1) is 9.04. The Morgan fingerprint density at radius 3 is 2.62 bits per heavy atom. The van der Waals surface area contributed by atoms with Crippen molar-refractivity contribution in [2.24, 2.45) is 11.3 Å². The van der Waals surface area contributed by atoms with Gasteiger partial charge in [-0.3, -0.25) is 4.79 Å². The minimum atomic E-state index is 0.360. The van der Waals surface area contributed by atoms with Crippen molar-refractivity contribution in [1.82, 2.24) is 4.90 Å². The summed E-state index contributed by atoms with van der Waals surface area (Å²) in [6, 6.07) is 0. The van der Waals surface area contributed by atoms with Crippen molar-refractivity contribution in [3.05, 3.63) is 0 Å². The van der Waals surface area contributed by atoms with Crippen LogP contribution in [-0.2, 0) is 4.79 Å². The van der Waals surface area contributed by atoms with Crippen LogP contribution in [0.2, 0.25) is 0 Å². The van der Waals surface area contributed by atoms with Crippen molar-refractivity contribution < 1.29 is 4.79 Å². The third-order valence-electron chi connectivity index (χ3n) is 3.19. The van der Waals surface area contributed by atoms with Crippen molar-refractivity contribution in [1.29, 1.82) is 0 Å². The van der Waals surface area contributed by atoms with Gasteiger partial charge >= 0.3 is 0 Å². The van der Waals surface area contributed by atoms with Crippen molar-refractivity contribution >= 4 is 5.91 Å². The highest BCUT2D eigenvalue weighted by Gasteiger charge is 2.34. The molecule has 2 fully saturated rings. The van der Waals surface area contributed by atoms with Crippen LogP contribution in [0.25, 0.3) is 0 Å². The molecule has 0 spiro atoms. The molecule has 0 N–H and O–H groups in total. The van der Waals surface area contributed by atoms with E-state index >= 15 is 0 Å². The molecule has 1 amide bonds. The molecule has 0 atom stereocenters. The lowest BCUT2D eigenvalue weighted by Crippen LogP contribution is -2.30. The molecular weight excluding hydrogens is 162 g/mol. The Kier molecular flexibility index (Phi) is 2.09. The van der Waals surface area contributed by atoms with E-state index in [9.17, 15) is 4.79 Å². The van der Waals surface area contributed by atoms with Crippen LogP contribution in [0.5, 0.6) is 0 Å². The van der Waals surface area contributed by atoms with Crippen LogP contribution in [0.1, 0.15) is 39.5 Å². The van der Waals surface area contributed by atoms with Gasteiger partial charge < -0.3 is 4.90 Å². The Balaban J connectivity index is 1.83. The van der Waals surface area contributed by atoms with Crippen LogP contribution in [0, 0.1) is 11.3 Å². The molecule has 0 aromatic rings. The average Bonchev–Trinajstić information content (AvgIpc) is 2.75. The summed E-state index contributed by atoms with van der Waals surface area (Å²) in [5.74, 6) is 1.13. The van der Waals surface area contributed by atoms with E-state index in [-0.39, 0.29) is 0 Å². The summed E-state index contributed by atoms with van der Waals surface area (Å²) in [7, 11) is 0. The van der Waals surface area contributed by atoms with Crippen LogP contribution in [0.3, 0.4) is 0 Å². The van der Waals surface area contributed by atoms with Gasteiger partial charge in [-0.15, -0.1) is 0 Å². The maximum absolute atomic E-state index is 11.7. The highest BCUT2D eigenvalue weighted by Crippen LogP contribution is 2.35. The molecule has 2 heteroatoms. The van der Waals surface area contributed by atoms with Crippen molar-refractivity contribution in [3.8, 4) is 0 Å². The summed E-state index contributed by atoms with van der Waals surface area (Å²) in [5, 5.41) is 0. The molecule has 1 saturated carbocycles. The molecule has 0 unspecified atom stereocenters. The highest BCUT2D eigenvalue weighted by atomic mass is 16.2. The zero-order chi connectivity index (χ0) is 9.47. The number of nitrogens with zero attached hydrogens (tertiary/aromatic N) is 1. The Hall–Kier alpha value is -0.530. The molecule has 0 radical (unpaired) electrons. The van der Waals surface area contributed by atoms with Gasteiger partial charge in [0.2, 0.25) is 5.91 Å². The number of carbonyl (C=O) groups is 1. The van der Waals surface area contributed by atoms with Gasteiger partial charge in [-0.25, -0.2) is 0 Å². The fraction of sp³-hybridized carbons (Fsp3) is 0.909. The first-order chi connectivity index (χ1) is 6.07. The van der Waals surface area contributed by atoms with Gasteiger partial charge in [0.15, 0.2) is 0 Å². The minimum Gasteiger partial charge on any atom is -0.342 e. The standard InChI is InChI=1S/C11H19NO/c1-11(2)5-6-12(8-11)10(13)7-9-3-4-9/h9H,3-8H2,1-2H3. The fourth-order valence-electron chi connectivity index (χ4n) is 2.02. The molecule has 74 valence electrons. The normalized spacial score (nSPS) is 26.5. The summed E-state index contributed by atoms with van der Waals surface area (Å²) in [5.41, 5.74) is 0.360. The molecule has 1 aliphatic heterocycles. The lowest BCUT2D eigenvalue weighted by Gasteiger charge is -2.19. The second-order valence-electron chi connectivity index (χ2n) is 5.38. The zero-order valence-corrected chi connectivity index (χ0v) is 8.68. The lowest BCUT2D eigenvalue weighted by molar-refractivity contribution is -0.130. The Morgan fingerprint density at radius 1 is 1.46 bits per heavy atom. The highest BCUT2D eigenvalue weighted by molar-refractivity contribution is 5.77. The SMILES string of the molecule is CC1(C)CCN(C(=O)CC2CC2)C1. The average molecular weight is 181 g/mol. The Labute approximate surface area is 80.3 Å². The van der Waals surface area contributed by atoms with E-state index in [4.69, 9.17) is 0 Å². The third kappa shape index (κ3) is 2.23. The summed E-state index contributed by atoms with van der Waals surface area (Å²) in [6.07, 6.45) is 4.55. The lowest BCUT2D eigenvalue weighted by atomic mass is 9.93. The van der Waals surface area contributed by atoms with Crippen LogP contribution in [0.15, 0.2) is 0 Å². The number of hydrogen-bond donors (Lipinski definition) is 0. The van der Waals surface area contributed by atoms with Crippen LogP contribution in [0.4, 0.5) is 0 Å². The predicted octanol–water partition coefficient (Wildman–Crippen LogP) is 2.04. The van der Waals surface area contributed by atoms with Crippen molar-refractivity contribution in [3.63, 3.8) is 0 Å². The molecule has 2 aliphatic rings. The van der Waals surface area contributed by atoms with E-state index < -0.39 is 0 Å². The number of hydrogen-bond acceptors (Lipinski definition) is 1. The van der Waals surface area contributed by atoms with Gasteiger partial charge in [-0.2, -0.15) is 0 Å². The van der Waals surface area contributed by atoms with Crippen molar-refractivity contribution in [2.45, 2.75) is 39.5 Å². The predicted molar refractivity (Wildman–Crippen MR) is 52.3 cm³/mol. The van der Waals surface area contributed by atoms with E-state index in [1.165, 1.54) is 19.3 Å². The number of amides is 1. The monoisotopic (exact) mass is 181 g/mol. The first-order valence-electron chi connectivity index (χ1n) is 5.35. The number of carbonyl (C=O) groups excluding carboxylic acids is 1. The maximum atomic E-state index is 11.7. The van der Waals surface area contributed by atoms with Gasteiger partial charge in [-0.1, -0.05) is 13.8 Å². The molecular formula is C11H19NO. The quantitative estimate of drug-likeness (QED) is 0.638. The molecule has 13 heavy (non-hydrogen) atoms. The van der Waals surface area contributed by atoms with Gasteiger partial charge in [0, 0.05) is 19.5 Å². The molecule has 1 saturated heterocycles. The number of rotatable bonds is 2. The Morgan fingerprint density at radius 2 is 2.15 bits per heavy atom. The zero-order valence-electron chi connectivity index (χ0n) is 8.68. The van der Waals surface area contributed by atoms with Crippen molar-refractivity contribution in [2.75, 3.05) is 13.1 Å². The van der Waals surface area contributed by atoms with E-state index in [0.717, 1.165) is 25.4 Å². The maximum Gasteiger partial charge on any atom is 0.222 e. The first-order valence-corrected chi connectivity index (χ1v) is 5.35. The van der Waals surface area contributed by atoms with E-state index in [1.54, 1.807) is 0 Å². The third-order valence-corrected chi connectivity index (χ3v) is 3.19. The molecule has 1 aliphatic carbocycles. The van der Waals surface area contributed by atoms with Crippen LogP contribution < -0.4 is 0 Å². The van der Waals surface area contributed by atoms with Gasteiger partial charge in [0.1, 0.15) is 0 Å². The van der Waals surface area contributed by atoms with Gasteiger partial charge in [0.25, 0.3) is 0 Å². The minimum absolute atomic E-state index is 0.360. The molecule has 2 rings (SSSR count). The van der Waals surface area contributed by atoms with E-state index in [1.807, 2.05) is 0 Å². The summed E-state index contributed by atoms with van der Waals surface area (Å²) >= 11 is 0. The number of likely N-dealkylation sites (tertiary alicyclic amines) is 1. The molecule has 1 heterocycles. The summed E-state index contributed by atoms with van der Waals surface area (Å²) in [6.45, 7) is 6.45. The second-order valence-corrected chi connectivity index (χ2v) is 5.38. The Bertz CT molecular complexity index is 218. The molecule has 2 nitrogen and oxygen atoms in total. The molecule has 0 aromatic heterocycles. The van der Waals surface area contributed by atoms with E-state index in [0.29, 0.717) is 11.3 Å². The largest absolute Gasteiger partial charge is 0.342 e.